The van der Waals surface area contributed by atoms with Crippen LogP contribution in [0.1, 0.15) is 74.4 Å². The Balaban J connectivity index is 1.33. The van der Waals surface area contributed by atoms with Gasteiger partial charge >= 0.3 is 6.18 Å². The van der Waals surface area contributed by atoms with E-state index in [9.17, 15) is 18.0 Å². The number of aryl methyl sites for hydroxylation is 1. The van der Waals surface area contributed by atoms with E-state index in [2.05, 4.69) is 37.9 Å². The van der Waals surface area contributed by atoms with Gasteiger partial charge in [0, 0.05) is 44.7 Å². The van der Waals surface area contributed by atoms with Crippen molar-refractivity contribution < 1.29 is 18.0 Å². The van der Waals surface area contributed by atoms with Crippen LogP contribution in [0.5, 0.6) is 0 Å². The number of halogens is 3. The fourth-order valence-corrected chi connectivity index (χ4v) is 5.78. The van der Waals surface area contributed by atoms with Crippen LogP contribution in [0.2, 0.25) is 0 Å². The highest BCUT2D eigenvalue weighted by molar-refractivity contribution is 5.94. The lowest BCUT2D eigenvalue weighted by molar-refractivity contribution is -0.156. The first kappa shape index (κ1) is 25.0. The summed E-state index contributed by atoms with van der Waals surface area (Å²) in [6.07, 6.45) is 4.34. The van der Waals surface area contributed by atoms with E-state index in [-0.39, 0.29) is 23.1 Å². The summed E-state index contributed by atoms with van der Waals surface area (Å²) in [6.45, 7) is 7.56. The largest absolute Gasteiger partial charge is 0.396 e. The smallest absolute Gasteiger partial charge is 0.356 e. The second-order valence-electron chi connectivity index (χ2n) is 10.1. The highest BCUT2D eigenvalue weighted by Crippen LogP contribution is 2.46. The first-order chi connectivity index (χ1) is 17.3. The molecule has 2 saturated heterocycles. The number of hydrogen-bond acceptors (Lipinski definition) is 6. The number of aromatic nitrogens is 4. The zero-order valence-corrected chi connectivity index (χ0v) is 20.7. The van der Waals surface area contributed by atoms with E-state index < -0.39 is 24.4 Å². The van der Waals surface area contributed by atoms with Gasteiger partial charge < -0.3 is 19.7 Å². The Morgan fingerprint density at radius 1 is 1.08 bits per heavy atom. The number of hydrogen-bond donors (Lipinski definition) is 1. The van der Waals surface area contributed by atoms with Crippen molar-refractivity contribution >= 4 is 17.5 Å². The van der Waals surface area contributed by atoms with Crippen LogP contribution < -0.4 is 10.2 Å². The van der Waals surface area contributed by atoms with Crippen molar-refractivity contribution in [1.82, 2.24) is 24.4 Å². The maximum atomic E-state index is 13.8. The molecule has 1 atom stereocenters. The minimum atomic E-state index is -4.54. The zero-order chi connectivity index (χ0) is 25.3. The quantitative estimate of drug-likeness (QED) is 0.611. The van der Waals surface area contributed by atoms with Crippen LogP contribution >= 0.6 is 0 Å². The standard InChI is InChI=1S/C25H34F3N7O/c1-2-5-18-15-35(13-12-33-8-3-4-9-33)23(31-18)17-6-10-34(11-7-17)24-21-19(25(26,27)28)14-20(36)32-22(21)29-16-30-24/h15-17,19H,2-14H2,1H3,(H,29,30,32,36)/t19-/m1/s1. The average Bonchev–Trinajstić information content (AvgIpc) is 3.51. The Morgan fingerprint density at radius 2 is 1.83 bits per heavy atom. The molecular formula is C25H34F3N7O. The predicted octanol–water partition coefficient (Wildman–Crippen LogP) is 4.09. The van der Waals surface area contributed by atoms with Crippen LogP contribution in [0.25, 0.3) is 0 Å². The fourth-order valence-electron chi connectivity index (χ4n) is 5.78. The predicted molar refractivity (Wildman–Crippen MR) is 130 cm³/mol. The number of rotatable bonds is 7. The van der Waals surface area contributed by atoms with E-state index in [0.717, 1.165) is 63.4 Å². The van der Waals surface area contributed by atoms with Gasteiger partial charge in [-0.05, 0) is 45.2 Å². The molecule has 3 aliphatic heterocycles. The summed E-state index contributed by atoms with van der Waals surface area (Å²) in [5.41, 5.74) is 1.10. The van der Waals surface area contributed by atoms with Crippen LogP contribution in [0, 0.1) is 0 Å². The number of likely N-dealkylation sites (tertiary alicyclic amines) is 1. The van der Waals surface area contributed by atoms with Crippen molar-refractivity contribution in [3.05, 3.63) is 29.6 Å². The number of amides is 1. The van der Waals surface area contributed by atoms with Crippen molar-refractivity contribution in [2.45, 2.75) is 76.4 Å². The van der Waals surface area contributed by atoms with Crippen molar-refractivity contribution in [3.8, 4) is 0 Å². The van der Waals surface area contributed by atoms with Gasteiger partial charge in [0.15, 0.2) is 0 Å². The lowest BCUT2D eigenvalue weighted by Crippen LogP contribution is -2.38. The van der Waals surface area contributed by atoms with Gasteiger partial charge in [-0.1, -0.05) is 13.3 Å². The Hall–Kier alpha value is -2.69. The lowest BCUT2D eigenvalue weighted by atomic mass is 9.90. The van der Waals surface area contributed by atoms with Crippen molar-refractivity contribution in [2.75, 3.05) is 42.9 Å². The summed E-state index contributed by atoms with van der Waals surface area (Å²) in [5, 5.41) is 2.50. The van der Waals surface area contributed by atoms with E-state index in [4.69, 9.17) is 4.98 Å². The van der Waals surface area contributed by atoms with Gasteiger partial charge in [-0.3, -0.25) is 4.79 Å². The van der Waals surface area contributed by atoms with Gasteiger partial charge in [-0.25, -0.2) is 15.0 Å². The summed E-state index contributed by atoms with van der Waals surface area (Å²) < 4.78 is 43.9. The maximum absolute atomic E-state index is 13.8. The summed E-state index contributed by atoms with van der Waals surface area (Å²) in [6, 6.07) is 0. The second-order valence-corrected chi connectivity index (χ2v) is 10.1. The molecule has 2 aromatic rings. The Labute approximate surface area is 209 Å². The van der Waals surface area contributed by atoms with Gasteiger partial charge in [0.2, 0.25) is 5.91 Å². The molecule has 8 nitrogen and oxygen atoms in total. The van der Waals surface area contributed by atoms with Crippen LogP contribution in [-0.2, 0) is 17.8 Å². The Bertz CT molecular complexity index is 1070. The molecule has 5 heterocycles. The van der Waals surface area contributed by atoms with Gasteiger partial charge in [0.05, 0.1) is 17.2 Å². The van der Waals surface area contributed by atoms with Crippen molar-refractivity contribution in [2.24, 2.45) is 0 Å². The molecule has 0 saturated carbocycles. The highest BCUT2D eigenvalue weighted by atomic mass is 19.4. The number of imidazole rings is 1. The maximum Gasteiger partial charge on any atom is 0.396 e. The first-order valence-electron chi connectivity index (χ1n) is 13.1. The number of fused-ring (bicyclic) bond motifs is 1. The molecule has 0 aromatic carbocycles. The molecule has 0 aliphatic carbocycles. The molecule has 1 N–H and O–H groups in total. The summed E-state index contributed by atoms with van der Waals surface area (Å²) in [7, 11) is 0. The number of nitrogens with zero attached hydrogens (tertiary/aromatic N) is 6. The molecule has 0 spiro atoms. The molecule has 0 bridgehead atoms. The third kappa shape index (κ3) is 5.21. The molecular weight excluding hydrogens is 471 g/mol. The minimum Gasteiger partial charge on any atom is -0.356 e. The molecule has 11 heteroatoms. The average molecular weight is 506 g/mol. The van der Waals surface area contributed by atoms with E-state index in [1.165, 1.54) is 19.2 Å². The summed E-state index contributed by atoms with van der Waals surface area (Å²) >= 11 is 0. The van der Waals surface area contributed by atoms with E-state index in [1.54, 1.807) is 0 Å². The van der Waals surface area contributed by atoms with Crippen LogP contribution in [0.3, 0.4) is 0 Å². The summed E-state index contributed by atoms with van der Waals surface area (Å²) in [4.78, 5) is 29.5. The van der Waals surface area contributed by atoms with Gasteiger partial charge in [-0.15, -0.1) is 0 Å². The number of nitrogens with one attached hydrogen (secondary N) is 1. The third-order valence-electron chi connectivity index (χ3n) is 7.63. The van der Waals surface area contributed by atoms with Crippen molar-refractivity contribution in [1.29, 1.82) is 0 Å². The third-order valence-corrected chi connectivity index (χ3v) is 7.63. The Kier molecular flexibility index (Phi) is 7.18. The number of piperidine rings is 1. The SMILES string of the molecule is CCCc1cn(CCN2CCCC2)c(C2CCN(c3ncnc4c3[C@H](C(F)(F)F)CC(=O)N4)CC2)n1. The monoisotopic (exact) mass is 505 g/mol. The fraction of sp³-hybridized carbons (Fsp3) is 0.680. The molecule has 5 rings (SSSR count). The number of carbonyl (C=O) groups is 1. The van der Waals surface area contributed by atoms with E-state index >= 15 is 0 Å². The van der Waals surface area contributed by atoms with Gasteiger partial charge in [0.25, 0.3) is 0 Å². The minimum absolute atomic E-state index is 0.0135. The number of alkyl halides is 3. The number of carbonyl (C=O) groups excluding carboxylic acids is 1. The number of anilines is 2. The lowest BCUT2D eigenvalue weighted by Gasteiger charge is -2.36. The topological polar surface area (TPSA) is 79.2 Å². The first-order valence-corrected chi connectivity index (χ1v) is 13.1. The molecule has 0 radical (unpaired) electrons. The van der Waals surface area contributed by atoms with Crippen LogP contribution in [-0.4, -0.2) is 69.2 Å². The second kappa shape index (κ2) is 10.4. The molecule has 2 aromatic heterocycles. The summed E-state index contributed by atoms with van der Waals surface area (Å²) in [5.74, 6) is -0.955. The van der Waals surface area contributed by atoms with Crippen LogP contribution in [0.15, 0.2) is 12.5 Å². The van der Waals surface area contributed by atoms with Crippen LogP contribution in [0.4, 0.5) is 24.8 Å². The molecule has 36 heavy (non-hydrogen) atoms. The normalized spacial score (nSPS) is 21.6. The van der Waals surface area contributed by atoms with E-state index in [1.807, 2.05) is 4.90 Å². The molecule has 196 valence electrons. The zero-order valence-electron chi connectivity index (χ0n) is 20.7. The highest BCUT2D eigenvalue weighted by Gasteiger charge is 2.48. The van der Waals surface area contributed by atoms with E-state index in [0.29, 0.717) is 13.1 Å². The Morgan fingerprint density at radius 3 is 2.53 bits per heavy atom. The molecule has 3 aliphatic rings. The molecule has 2 fully saturated rings. The molecule has 0 unspecified atom stereocenters. The van der Waals surface area contributed by atoms with Gasteiger partial charge in [-0.2, -0.15) is 13.2 Å². The molecule has 1 amide bonds. The van der Waals surface area contributed by atoms with Gasteiger partial charge in [0.1, 0.15) is 23.8 Å². The van der Waals surface area contributed by atoms with Crippen molar-refractivity contribution in [3.63, 3.8) is 0 Å².